The lowest BCUT2D eigenvalue weighted by Gasteiger charge is -2.57. The van der Waals surface area contributed by atoms with E-state index in [1.54, 1.807) is 24.3 Å². The van der Waals surface area contributed by atoms with Crippen LogP contribution in [0, 0.1) is 23.1 Å². The van der Waals surface area contributed by atoms with Gasteiger partial charge in [0.15, 0.2) is 6.61 Å². The minimum Gasteiger partial charge on any atom is -0.484 e. The van der Waals surface area contributed by atoms with Crippen LogP contribution in [0.25, 0.3) is 0 Å². The maximum atomic E-state index is 13.6. The Morgan fingerprint density at radius 1 is 1.18 bits per heavy atom. The van der Waals surface area contributed by atoms with E-state index in [1.807, 2.05) is 0 Å². The lowest BCUT2D eigenvalue weighted by molar-refractivity contribution is -0.127. The maximum absolute atomic E-state index is 13.6. The Kier molecular flexibility index (Phi) is 6.31. The molecule has 172 valence electrons. The molecule has 1 atom stereocenters. The zero-order valence-electron chi connectivity index (χ0n) is 18.3. The number of hydrogen-bond donors (Lipinski definition) is 2. The van der Waals surface area contributed by atoms with Gasteiger partial charge < -0.3 is 15.4 Å². The Labute approximate surface area is 197 Å². The zero-order valence-corrected chi connectivity index (χ0v) is 19.0. The van der Waals surface area contributed by atoms with Gasteiger partial charge in [0.1, 0.15) is 11.6 Å². The molecule has 33 heavy (non-hydrogen) atoms. The van der Waals surface area contributed by atoms with Crippen LogP contribution in [-0.2, 0) is 4.79 Å². The summed E-state index contributed by atoms with van der Waals surface area (Å²) in [5, 5.41) is 15.5. The van der Waals surface area contributed by atoms with Gasteiger partial charge in [-0.15, -0.1) is 0 Å². The van der Waals surface area contributed by atoms with Crippen molar-refractivity contribution in [1.82, 2.24) is 10.6 Å². The molecule has 8 heteroatoms. The van der Waals surface area contributed by atoms with Crippen molar-refractivity contribution < 1.29 is 18.7 Å². The molecule has 2 aromatic rings. The number of ether oxygens (including phenoxy) is 1. The lowest BCUT2D eigenvalue weighted by Crippen LogP contribution is -2.67. The molecule has 0 aliphatic heterocycles. The molecule has 3 aliphatic rings. The van der Waals surface area contributed by atoms with Crippen LogP contribution in [0.15, 0.2) is 42.5 Å². The van der Waals surface area contributed by atoms with Crippen LogP contribution in [0.3, 0.4) is 0 Å². The second-order valence-electron chi connectivity index (χ2n) is 9.10. The number of carbonyl (C=O) groups is 2. The summed E-state index contributed by atoms with van der Waals surface area (Å²) in [6, 6.07) is 12.8. The van der Waals surface area contributed by atoms with Gasteiger partial charge in [-0.05, 0) is 68.4 Å². The van der Waals surface area contributed by atoms with E-state index in [9.17, 15) is 14.0 Å². The molecular weight excluding hydrogens is 445 g/mol. The number of nitrogens with one attached hydrogen (secondary N) is 2. The van der Waals surface area contributed by atoms with Gasteiger partial charge in [-0.25, -0.2) is 4.39 Å². The number of hydrogen-bond acceptors (Lipinski definition) is 4. The summed E-state index contributed by atoms with van der Waals surface area (Å²) in [7, 11) is 0. The van der Waals surface area contributed by atoms with Gasteiger partial charge in [-0.1, -0.05) is 24.6 Å². The number of nitriles is 1. The second-order valence-corrected chi connectivity index (χ2v) is 9.51. The Hall–Kier alpha value is -3.11. The zero-order chi connectivity index (χ0) is 23.6. The van der Waals surface area contributed by atoms with Crippen molar-refractivity contribution in [2.24, 2.45) is 5.92 Å². The Morgan fingerprint density at radius 3 is 2.61 bits per heavy atom. The molecule has 1 unspecified atom stereocenters. The summed E-state index contributed by atoms with van der Waals surface area (Å²) in [6.45, 7) is 1.88. The van der Waals surface area contributed by atoms with Crippen molar-refractivity contribution in [3.05, 3.63) is 64.4 Å². The quantitative estimate of drug-likeness (QED) is 0.657. The van der Waals surface area contributed by atoms with E-state index in [0.29, 0.717) is 11.1 Å². The van der Waals surface area contributed by atoms with Gasteiger partial charge in [-0.2, -0.15) is 5.26 Å². The van der Waals surface area contributed by atoms with E-state index < -0.39 is 5.82 Å². The fourth-order valence-electron chi connectivity index (χ4n) is 5.15. The number of halogens is 2. The number of fused-ring (bicyclic) bond motifs is 3. The minimum atomic E-state index is -0.598. The molecular formula is C25H25ClFN3O3. The molecule has 2 bridgehead atoms. The van der Waals surface area contributed by atoms with Gasteiger partial charge in [-0.3, -0.25) is 9.59 Å². The van der Waals surface area contributed by atoms with Gasteiger partial charge in [0, 0.05) is 22.7 Å². The standard InChI is InChI=1S/C25H25ClFN3O3/c1-16-13-24(29-22(31)15-33-19-5-6-20(26)21(27)12-19)7-9-25(16,10-8-24)30-23(32)18-4-2-3-17(11-18)14-28/h2-6,11-12,16H,7-10,13,15H2,1H3,(H,29,31)(H,30,32). The van der Waals surface area contributed by atoms with E-state index in [-0.39, 0.29) is 46.2 Å². The molecule has 6 nitrogen and oxygen atoms in total. The maximum Gasteiger partial charge on any atom is 0.258 e. The molecule has 3 saturated carbocycles. The third-order valence-corrected chi connectivity index (χ3v) is 7.33. The highest BCUT2D eigenvalue weighted by Gasteiger charge is 2.54. The molecule has 0 spiro atoms. The molecule has 2 amide bonds. The Morgan fingerprint density at radius 2 is 1.94 bits per heavy atom. The van der Waals surface area contributed by atoms with E-state index >= 15 is 0 Å². The Bertz CT molecular complexity index is 1120. The average Bonchev–Trinajstić information content (AvgIpc) is 2.81. The van der Waals surface area contributed by atoms with Gasteiger partial charge in [0.05, 0.1) is 16.7 Å². The molecule has 2 N–H and O–H groups in total. The van der Waals surface area contributed by atoms with Gasteiger partial charge in [0.2, 0.25) is 0 Å². The van der Waals surface area contributed by atoms with Crippen LogP contribution in [0.2, 0.25) is 5.02 Å². The third-order valence-electron chi connectivity index (χ3n) is 7.02. The first-order valence-corrected chi connectivity index (χ1v) is 11.3. The summed E-state index contributed by atoms with van der Waals surface area (Å²) in [6.07, 6.45) is 3.74. The number of nitrogens with zero attached hydrogens (tertiary/aromatic N) is 1. The predicted molar refractivity (Wildman–Crippen MR) is 121 cm³/mol. The molecule has 0 saturated heterocycles. The Balaban J connectivity index is 1.35. The average molecular weight is 470 g/mol. The first kappa shape index (κ1) is 23.1. The van der Waals surface area contributed by atoms with E-state index in [0.717, 1.165) is 38.2 Å². The van der Waals surface area contributed by atoms with Crippen molar-refractivity contribution in [1.29, 1.82) is 5.26 Å². The normalized spacial score (nSPS) is 25.7. The predicted octanol–water partition coefficient (Wildman–Crippen LogP) is 4.37. The topological polar surface area (TPSA) is 91.2 Å². The first-order valence-electron chi connectivity index (χ1n) is 11.0. The molecule has 0 aromatic heterocycles. The number of benzene rings is 2. The van der Waals surface area contributed by atoms with E-state index in [4.69, 9.17) is 21.6 Å². The molecule has 5 rings (SSSR count). The van der Waals surface area contributed by atoms with Crippen LogP contribution < -0.4 is 15.4 Å². The van der Waals surface area contributed by atoms with Crippen LogP contribution >= 0.6 is 11.6 Å². The van der Waals surface area contributed by atoms with Crippen molar-refractivity contribution in [3.63, 3.8) is 0 Å². The summed E-state index contributed by atoms with van der Waals surface area (Å²) in [5.41, 5.74) is 0.259. The largest absolute Gasteiger partial charge is 0.484 e. The van der Waals surface area contributed by atoms with Crippen LogP contribution in [0.4, 0.5) is 4.39 Å². The number of amides is 2. The highest BCUT2D eigenvalue weighted by atomic mass is 35.5. The third kappa shape index (κ3) is 4.81. The fraction of sp³-hybridized carbons (Fsp3) is 0.400. The second kappa shape index (κ2) is 9.03. The molecule has 0 heterocycles. The number of rotatable bonds is 6. The SMILES string of the molecule is CC1CC2(NC(=O)COc3ccc(Cl)c(F)c3)CCC1(NC(=O)c1cccc(C#N)c1)CC2. The van der Waals surface area contributed by atoms with E-state index in [2.05, 4.69) is 23.6 Å². The minimum absolute atomic E-state index is 0.00238. The fourth-order valence-corrected chi connectivity index (χ4v) is 5.27. The van der Waals surface area contributed by atoms with Crippen molar-refractivity contribution in [3.8, 4) is 11.8 Å². The highest BCUT2D eigenvalue weighted by Crippen LogP contribution is 2.50. The molecule has 3 fully saturated rings. The number of carbonyl (C=O) groups excluding carboxylic acids is 2. The van der Waals surface area contributed by atoms with Crippen molar-refractivity contribution >= 4 is 23.4 Å². The smallest absolute Gasteiger partial charge is 0.258 e. The summed E-state index contributed by atoms with van der Waals surface area (Å²) >= 11 is 5.67. The summed E-state index contributed by atoms with van der Waals surface area (Å²) in [5.74, 6) is -0.633. The monoisotopic (exact) mass is 469 g/mol. The lowest BCUT2D eigenvalue weighted by atomic mass is 9.56. The summed E-state index contributed by atoms with van der Waals surface area (Å²) in [4.78, 5) is 25.5. The van der Waals surface area contributed by atoms with Crippen molar-refractivity contribution in [2.75, 3.05) is 6.61 Å². The molecule has 0 radical (unpaired) electrons. The molecule has 3 aliphatic carbocycles. The summed E-state index contributed by atoms with van der Waals surface area (Å²) < 4.78 is 19.0. The van der Waals surface area contributed by atoms with Crippen LogP contribution in [0.1, 0.15) is 54.9 Å². The highest BCUT2D eigenvalue weighted by molar-refractivity contribution is 6.30. The van der Waals surface area contributed by atoms with Gasteiger partial charge >= 0.3 is 0 Å². The first-order chi connectivity index (χ1) is 15.7. The van der Waals surface area contributed by atoms with Crippen molar-refractivity contribution in [2.45, 2.75) is 50.1 Å². The van der Waals surface area contributed by atoms with Crippen LogP contribution in [0.5, 0.6) is 5.75 Å². The van der Waals surface area contributed by atoms with E-state index in [1.165, 1.54) is 12.1 Å². The molecule has 2 aromatic carbocycles. The van der Waals surface area contributed by atoms with Crippen LogP contribution in [-0.4, -0.2) is 29.5 Å². The van der Waals surface area contributed by atoms with Gasteiger partial charge in [0.25, 0.3) is 11.8 Å².